The predicted molar refractivity (Wildman–Crippen MR) is 80.3 cm³/mol. The molecule has 0 saturated heterocycles. The molecule has 0 aliphatic heterocycles. The fourth-order valence-electron chi connectivity index (χ4n) is 1.55. The van der Waals surface area contributed by atoms with Gasteiger partial charge < -0.3 is 9.47 Å². The van der Waals surface area contributed by atoms with E-state index in [1.54, 1.807) is 24.3 Å². The van der Waals surface area contributed by atoms with Crippen molar-refractivity contribution in [2.24, 2.45) is 0 Å². The molecule has 0 aliphatic carbocycles. The fraction of sp³-hybridized carbons (Fsp3) is 0.562. The van der Waals surface area contributed by atoms with Crippen LogP contribution in [0.15, 0.2) is 24.3 Å². The molecular weight excluding hydrogens is 254 g/mol. The largest absolute Gasteiger partial charge is 0.494 e. The Balaban J connectivity index is 2.43. The van der Waals surface area contributed by atoms with Crippen molar-refractivity contribution in [3.63, 3.8) is 0 Å². The first-order valence-corrected chi connectivity index (χ1v) is 6.96. The van der Waals surface area contributed by atoms with Crippen LogP contribution in [0.5, 0.6) is 5.75 Å². The maximum atomic E-state index is 11.9. The molecule has 0 bridgehead atoms. The van der Waals surface area contributed by atoms with Crippen LogP contribution in [0, 0.1) is 0 Å². The molecule has 4 heteroatoms. The van der Waals surface area contributed by atoms with Gasteiger partial charge in [-0.05, 0) is 59.0 Å². The highest BCUT2D eigenvalue weighted by atomic mass is 16.5. The molecule has 0 N–H and O–H groups in total. The molecule has 0 aromatic heterocycles. The Morgan fingerprint density at radius 1 is 1.20 bits per heavy atom. The van der Waals surface area contributed by atoms with Gasteiger partial charge in [-0.25, -0.2) is 4.79 Å². The summed E-state index contributed by atoms with van der Waals surface area (Å²) in [7, 11) is 2.02. The van der Waals surface area contributed by atoms with Crippen LogP contribution in [0.2, 0.25) is 0 Å². The molecular formula is C16H25NO3. The number of hydrogen-bond acceptors (Lipinski definition) is 4. The molecule has 0 fully saturated rings. The summed E-state index contributed by atoms with van der Waals surface area (Å²) in [6, 6.07) is 7.00. The molecule has 112 valence electrons. The molecule has 1 rings (SSSR count). The van der Waals surface area contributed by atoms with E-state index in [-0.39, 0.29) is 11.5 Å². The number of benzene rings is 1. The predicted octanol–water partition coefficient (Wildman–Crippen LogP) is 2.97. The highest BCUT2D eigenvalue weighted by Crippen LogP contribution is 2.13. The Morgan fingerprint density at radius 3 is 2.30 bits per heavy atom. The summed E-state index contributed by atoms with van der Waals surface area (Å²) in [5.41, 5.74) is 0.623. The molecule has 0 amide bonds. The Bertz CT molecular complexity index is 420. The first kappa shape index (κ1) is 16.5. The third-order valence-electron chi connectivity index (χ3n) is 3.21. The van der Waals surface area contributed by atoms with Crippen LogP contribution in [0.1, 0.15) is 38.1 Å². The standard InChI is InChI=1S/C16H25NO3/c1-6-19-14-9-7-13(8-10-14)15(18)20-12-11-17(5)16(2,3)4/h7-10H,6,11-12H2,1-5H3. The van der Waals surface area contributed by atoms with Gasteiger partial charge in [0.25, 0.3) is 0 Å². The Morgan fingerprint density at radius 2 is 1.80 bits per heavy atom. The second-order valence-electron chi connectivity index (χ2n) is 5.69. The fourth-order valence-corrected chi connectivity index (χ4v) is 1.55. The van der Waals surface area contributed by atoms with Gasteiger partial charge in [0, 0.05) is 12.1 Å². The van der Waals surface area contributed by atoms with Crippen LogP contribution in [0.25, 0.3) is 0 Å². The minimum Gasteiger partial charge on any atom is -0.494 e. The molecule has 0 atom stereocenters. The van der Waals surface area contributed by atoms with E-state index < -0.39 is 0 Å². The summed E-state index contributed by atoms with van der Waals surface area (Å²) in [6.07, 6.45) is 0. The van der Waals surface area contributed by atoms with E-state index in [9.17, 15) is 4.79 Å². The third-order valence-corrected chi connectivity index (χ3v) is 3.21. The maximum absolute atomic E-state index is 11.9. The molecule has 1 aromatic carbocycles. The van der Waals surface area contributed by atoms with Crippen LogP contribution in [-0.2, 0) is 4.74 Å². The van der Waals surface area contributed by atoms with Gasteiger partial charge in [-0.1, -0.05) is 0 Å². The summed E-state index contributed by atoms with van der Waals surface area (Å²) < 4.78 is 10.6. The number of nitrogens with zero attached hydrogens (tertiary/aromatic N) is 1. The smallest absolute Gasteiger partial charge is 0.338 e. The molecule has 0 heterocycles. The van der Waals surface area contributed by atoms with Crippen LogP contribution in [-0.4, -0.2) is 43.2 Å². The number of rotatable bonds is 6. The van der Waals surface area contributed by atoms with Gasteiger partial charge in [0.05, 0.1) is 12.2 Å². The Hall–Kier alpha value is -1.55. The van der Waals surface area contributed by atoms with Crippen LogP contribution in [0.3, 0.4) is 0 Å². The highest BCUT2D eigenvalue weighted by Gasteiger charge is 2.17. The summed E-state index contributed by atoms with van der Waals surface area (Å²) in [4.78, 5) is 14.0. The van der Waals surface area contributed by atoms with Crippen molar-refractivity contribution in [3.05, 3.63) is 29.8 Å². The van der Waals surface area contributed by atoms with Crippen molar-refractivity contribution < 1.29 is 14.3 Å². The van der Waals surface area contributed by atoms with Gasteiger partial charge in [-0.15, -0.1) is 0 Å². The minimum atomic E-state index is -0.296. The average Bonchev–Trinajstić information content (AvgIpc) is 2.38. The second-order valence-corrected chi connectivity index (χ2v) is 5.69. The zero-order chi connectivity index (χ0) is 15.2. The van der Waals surface area contributed by atoms with E-state index in [1.807, 2.05) is 14.0 Å². The molecule has 4 nitrogen and oxygen atoms in total. The van der Waals surface area contributed by atoms with Crippen molar-refractivity contribution in [2.75, 3.05) is 26.8 Å². The number of carbonyl (C=O) groups is 1. The lowest BCUT2D eigenvalue weighted by atomic mass is 10.1. The Kier molecular flexibility index (Phi) is 6.02. The SMILES string of the molecule is CCOc1ccc(C(=O)OCCN(C)C(C)(C)C)cc1. The van der Waals surface area contributed by atoms with Crippen LogP contribution >= 0.6 is 0 Å². The maximum Gasteiger partial charge on any atom is 0.338 e. The van der Waals surface area contributed by atoms with E-state index in [2.05, 4.69) is 25.7 Å². The van der Waals surface area contributed by atoms with Crippen molar-refractivity contribution >= 4 is 5.97 Å². The lowest BCUT2D eigenvalue weighted by molar-refractivity contribution is 0.0423. The van der Waals surface area contributed by atoms with E-state index >= 15 is 0 Å². The van der Waals surface area contributed by atoms with Crippen molar-refractivity contribution in [1.82, 2.24) is 4.90 Å². The molecule has 0 saturated carbocycles. The summed E-state index contributed by atoms with van der Waals surface area (Å²) in [5, 5.41) is 0. The van der Waals surface area contributed by atoms with E-state index in [4.69, 9.17) is 9.47 Å². The zero-order valence-corrected chi connectivity index (χ0v) is 13.1. The van der Waals surface area contributed by atoms with Crippen molar-refractivity contribution in [1.29, 1.82) is 0 Å². The van der Waals surface area contributed by atoms with Gasteiger partial charge in [-0.2, -0.15) is 0 Å². The first-order chi connectivity index (χ1) is 9.34. The minimum absolute atomic E-state index is 0.0749. The van der Waals surface area contributed by atoms with Gasteiger partial charge >= 0.3 is 5.97 Å². The van der Waals surface area contributed by atoms with Gasteiger partial charge in [0.15, 0.2) is 0 Å². The number of likely N-dealkylation sites (N-methyl/N-ethyl adjacent to an activating group) is 1. The second kappa shape index (κ2) is 7.29. The average molecular weight is 279 g/mol. The highest BCUT2D eigenvalue weighted by molar-refractivity contribution is 5.89. The number of esters is 1. The van der Waals surface area contributed by atoms with E-state index in [1.165, 1.54) is 0 Å². The molecule has 0 unspecified atom stereocenters. The quantitative estimate of drug-likeness (QED) is 0.750. The number of ether oxygens (including phenoxy) is 2. The van der Waals surface area contributed by atoms with E-state index in [0.717, 1.165) is 5.75 Å². The molecule has 0 aliphatic rings. The Labute approximate surface area is 121 Å². The van der Waals surface area contributed by atoms with E-state index in [0.29, 0.717) is 25.3 Å². The lowest BCUT2D eigenvalue weighted by Gasteiger charge is -2.31. The summed E-state index contributed by atoms with van der Waals surface area (Å²) in [5.74, 6) is 0.465. The lowest BCUT2D eigenvalue weighted by Crippen LogP contribution is -2.40. The molecule has 1 aromatic rings. The van der Waals surface area contributed by atoms with Crippen molar-refractivity contribution in [2.45, 2.75) is 33.2 Å². The number of carbonyl (C=O) groups excluding carboxylic acids is 1. The normalized spacial score (nSPS) is 11.5. The van der Waals surface area contributed by atoms with Gasteiger partial charge in [0.2, 0.25) is 0 Å². The first-order valence-electron chi connectivity index (χ1n) is 6.96. The van der Waals surface area contributed by atoms with Crippen molar-refractivity contribution in [3.8, 4) is 5.75 Å². The molecule has 0 radical (unpaired) electrons. The summed E-state index contributed by atoms with van der Waals surface area (Å²) >= 11 is 0. The third kappa shape index (κ3) is 5.21. The topological polar surface area (TPSA) is 38.8 Å². The number of hydrogen-bond donors (Lipinski definition) is 0. The monoisotopic (exact) mass is 279 g/mol. The molecule has 0 spiro atoms. The van der Waals surface area contributed by atoms with Gasteiger partial charge in [0.1, 0.15) is 12.4 Å². The zero-order valence-electron chi connectivity index (χ0n) is 13.1. The summed E-state index contributed by atoms with van der Waals surface area (Å²) in [6.45, 7) is 10.0. The molecule has 20 heavy (non-hydrogen) atoms. The van der Waals surface area contributed by atoms with Crippen LogP contribution in [0.4, 0.5) is 0 Å². The van der Waals surface area contributed by atoms with Gasteiger partial charge in [-0.3, -0.25) is 4.90 Å². The van der Waals surface area contributed by atoms with Crippen LogP contribution < -0.4 is 4.74 Å².